The van der Waals surface area contributed by atoms with Crippen molar-refractivity contribution < 1.29 is 23.9 Å². The number of carbonyl (C=O) groups is 4. The minimum atomic E-state index is -0.205. The van der Waals surface area contributed by atoms with Crippen molar-refractivity contribution >= 4 is 23.6 Å². The van der Waals surface area contributed by atoms with Gasteiger partial charge in [0, 0.05) is 25.7 Å². The van der Waals surface area contributed by atoms with Gasteiger partial charge in [0.1, 0.15) is 13.5 Å². The number of unbranched alkanes of at least 4 members (excludes halogenated alkanes) is 48. The number of hydrogen-bond donors (Lipinski definition) is 0. The summed E-state index contributed by atoms with van der Waals surface area (Å²) in [5, 5.41) is 0. The van der Waals surface area contributed by atoms with Gasteiger partial charge in [0.15, 0.2) is 0 Å². The molecule has 0 spiro atoms. The molecule has 432 valence electrons. The van der Waals surface area contributed by atoms with Gasteiger partial charge in [-0.3, -0.25) is 29.0 Å². The molecule has 0 unspecified atom stereocenters. The summed E-state index contributed by atoms with van der Waals surface area (Å²) in [5.74, 6) is -0.756. The van der Waals surface area contributed by atoms with E-state index in [2.05, 4.69) is 27.7 Å². The first-order valence-electron chi connectivity index (χ1n) is 33.2. The molecule has 0 aromatic carbocycles. The quantitative estimate of drug-likeness (QED) is 0.0448. The highest BCUT2D eigenvalue weighted by Gasteiger charge is 2.24. The first-order valence-corrected chi connectivity index (χ1v) is 33.2. The van der Waals surface area contributed by atoms with Crippen molar-refractivity contribution in [2.75, 3.05) is 13.5 Å². The topological polar surface area (TPSA) is 84.0 Å². The summed E-state index contributed by atoms with van der Waals surface area (Å²) in [4.78, 5) is 57.6. The van der Waals surface area contributed by atoms with E-state index in [-0.39, 0.29) is 37.1 Å². The van der Waals surface area contributed by atoms with Gasteiger partial charge in [0.05, 0.1) is 0 Å². The van der Waals surface area contributed by atoms with E-state index in [4.69, 9.17) is 4.74 Å². The van der Waals surface area contributed by atoms with Crippen LogP contribution in [-0.4, -0.2) is 46.9 Å². The number of ether oxygens (including phenoxy) is 1. The van der Waals surface area contributed by atoms with Crippen LogP contribution >= 0.6 is 0 Å². The van der Waals surface area contributed by atoms with Crippen LogP contribution in [0.4, 0.5) is 0 Å². The Morgan fingerprint density at radius 2 is 0.329 bits per heavy atom. The average Bonchev–Trinajstić information content (AvgIpc) is 3.39. The summed E-state index contributed by atoms with van der Waals surface area (Å²) in [5.41, 5.74) is 0. The second-order valence-electron chi connectivity index (χ2n) is 22.9. The van der Waals surface area contributed by atoms with Gasteiger partial charge < -0.3 is 4.74 Å². The number of nitrogens with zero attached hydrogens (tertiary/aromatic N) is 2. The molecule has 0 saturated carbocycles. The highest BCUT2D eigenvalue weighted by molar-refractivity contribution is 5.96. The molecule has 0 atom stereocenters. The van der Waals surface area contributed by atoms with Gasteiger partial charge in [0.25, 0.3) is 0 Å². The zero-order valence-electron chi connectivity index (χ0n) is 49.9. The maximum Gasteiger partial charge on any atom is 0.231 e. The van der Waals surface area contributed by atoms with Gasteiger partial charge in [-0.2, -0.15) is 0 Å². The Morgan fingerprint density at radius 1 is 0.205 bits per heavy atom. The number of hydrogen-bond acceptors (Lipinski definition) is 5. The van der Waals surface area contributed by atoms with Crippen molar-refractivity contribution in [2.45, 2.75) is 387 Å². The predicted molar refractivity (Wildman–Crippen MR) is 316 cm³/mol. The fourth-order valence-corrected chi connectivity index (χ4v) is 10.5. The van der Waals surface area contributed by atoms with Gasteiger partial charge in [-0.1, -0.05) is 336 Å². The Bertz CT molecular complexity index is 1000. The van der Waals surface area contributed by atoms with Crippen molar-refractivity contribution in [2.24, 2.45) is 0 Å². The summed E-state index contributed by atoms with van der Waals surface area (Å²) in [6, 6.07) is 0. The molecule has 0 N–H and O–H groups in total. The number of carbonyl (C=O) groups excluding carboxylic acids is 4. The largest absolute Gasteiger partial charge is 0.340 e. The lowest BCUT2D eigenvalue weighted by Gasteiger charge is -2.25. The van der Waals surface area contributed by atoms with Gasteiger partial charge in [-0.15, -0.1) is 0 Å². The summed E-state index contributed by atoms with van der Waals surface area (Å²) in [7, 11) is 0. The molecule has 0 radical (unpaired) electrons. The lowest BCUT2D eigenvalue weighted by molar-refractivity contribution is -0.158. The Hall–Kier alpha value is -1.76. The van der Waals surface area contributed by atoms with Crippen molar-refractivity contribution in [3.63, 3.8) is 0 Å². The molecule has 0 heterocycles. The fraction of sp³-hybridized carbons (Fsp3) is 0.939. The number of rotatable bonds is 60. The van der Waals surface area contributed by atoms with Crippen LogP contribution in [0.2, 0.25) is 0 Å². The van der Waals surface area contributed by atoms with E-state index < -0.39 is 0 Å². The van der Waals surface area contributed by atoms with E-state index in [1.54, 1.807) is 0 Å². The third kappa shape index (κ3) is 50.8. The van der Waals surface area contributed by atoms with Crippen LogP contribution in [0.3, 0.4) is 0 Å². The van der Waals surface area contributed by atoms with Crippen LogP contribution in [0.5, 0.6) is 0 Å². The highest BCUT2D eigenvalue weighted by atomic mass is 16.5. The van der Waals surface area contributed by atoms with Crippen LogP contribution in [0.1, 0.15) is 387 Å². The van der Waals surface area contributed by atoms with E-state index in [0.29, 0.717) is 25.7 Å². The molecule has 0 rings (SSSR count). The van der Waals surface area contributed by atoms with Crippen molar-refractivity contribution in [1.29, 1.82) is 0 Å². The van der Waals surface area contributed by atoms with Crippen molar-refractivity contribution in [3.8, 4) is 0 Å². The van der Waals surface area contributed by atoms with E-state index >= 15 is 0 Å². The predicted octanol–water partition coefficient (Wildman–Crippen LogP) is 21.6. The first kappa shape index (κ1) is 71.2. The molecule has 73 heavy (non-hydrogen) atoms. The fourth-order valence-electron chi connectivity index (χ4n) is 10.5. The van der Waals surface area contributed by atoms with Gasteiger partial charge >= 0.3 is 0 Å². The van der Waals surface area contributed by atoms with Crippen LogP contribution in [0.15, 0.2) is 0 Å². The number of imide groups is 2. The molecular formula is C66H128N2O5. The van der Waals surface area contributed by atoms with Gasteiger partial charge in [0.2, 0.25) is 23.6 Å². The zero-order valence-corrected chi connectivity index (χ0v) is 49.9. The summed E-state index contributed by atoms with van der Waals surface area (Å²) in [6.07, 6.45) is 65.6. The SMILES string of the molecule is CCCCCCCCCCCCCCCC(=O)N(COCN(C(=O)CCCCCCCCCCCCCCC)C(=O)CCCCCCCCCCCCCCC)C(=O)CCCCCCCCCCCCCCC. The Kier molecular flexibility index (Phi) is 58.0. The Balaban J connectivity index is 5.24. The van der Waals surface area contributed by atoms with Gasteiger partial charge in [-0.05, 0) is 25.7 Å². The molecule has 0 aliphatic carbocycles. The second-order valence-corrected chi connectivity index (χ2v) is 22.9. The van der Waals surface area contributed by atoms with Gasteiger partial charge in [-0.25, -0.2) is 0 Å². The normalized spacial score (nSPS) is 11.5. The third-order valence-corrected chi connectivity index (χ3v) is 15.6. The Labute approximate surface area is 456 Å². The lowest BCUT2D eigenvalue weighted by Crippen LogP contribution is -2.42. The summed E-state index contributed by atoms with van der Waals surface area (Å²) >= 11 is 0. The van der Waals surface area contributed by atoms with Crippen molar-refractivity contribution in [1.82, 2.24) is 9.80 Å². The van der Waals surface area contributed by atoms with Crippen LogP contribution < -0.4 is 0 Å². The molecule has 0 saturated heterocycles. The third-order valence-electron chi connectivity index (χ3n) is 15.6. The zero-order chi connectivity index (χ0) is 53.2. The summed E-state index contributed by atoms with van der Waals surface area (Å²) in [6.45, 7) is 8.67. The average molecular weight is 1030 g/mol. The smallest absolute Gasteiger partial charge is 0.231 e. The number of amides is 4. The van der Waals surface area contributed by atoms with Crippen LogP contribution in [0, 0.1) is 0 Å². The van der Waals surface area contributed by atoms with E-state index in [1.165, 1.54) is 267 Å². The highest BCUT2D eigenvalue weighted by Crippen LogP contribution is 2.19. The maximum absolute atomic E-state index is 13.7. The molecule has 7 heteroatoms. The maximum atomic E-state index is 13.7. The van der Waals surface area contributed by atoms with E-state index in [9.17, 15) is 19.2 Å². The molecule has 0 aromatic rings. The first-order chi connectivity index (χ1) is 35.9. The molecule has 0 aromatic heterocycles. The summed E-state index contributed by atoms with van der Waals surface area (Å²) < 4.78 is 6.09. The minimum absolute atomic E-state index is 0.189. The Morgan fingerprint density at radius 3 is 0.466 bits per heavy atom. The molecule has 7 nitrogen and oxygen atoms in total. The van der Waals surface area contributed by atoms with Crippen LogP contribution in [-0.2, 0) is 23.9 Å². The van der Waals surface area contributed by atoms with E-state index in [0.717, 1.165) is 77.0 Å². The van der Waals surface area contributed by atoms with Crippen LogP contribution in [0.25, 0.3) is 0 Å². The minimum Gasteiger partial charge on any atom is -0.340 e. The van der Waals surface area contributed by atoms with E-state index in [1.807, 2.05) is 0 Å². The lowest BCUT2D eigenvalue weighted by atomic mass is 10.0. The van der Waals surface area contributed by atoms with Crippen molar-refractivity contribution in [3.05, 3.63) is 0 Å². The standard InChI is InChI=1S/C66H128N2O5/c1-5-9-13-17-21-25-29-33-37-41-45-49-53-57-63(69)67(64(70)58-54-50-46-42-38-34-30-26-22-18-14-10-6-2)61-73-62-68(65(71)59-55-51-47-43-39-35-31-27-23-19-15-11-7-3)66(72)60-56-52-48-44-40-36-32-28-24-20-16-12-8-4/h5-62H2,1-4H3. The molecular weight excluding hydrogens is 901 g/mol. The molecule has 0 fully saturated rings. The monoisotopic (exact) mass is 1030 g/mol. The molecule has 4 amide bonds. The second kappa shape index (κ2) is 59.5. The molecule has 0 bridgehead atoms. The molecule has 0 aliphatic heterocycles. The molecule has 0 aliphatic rings.